The van der Waals surface area contributed by atoms with E-state index in [4.69, 9.17) is 5.73 Å². The van der Waals surface area contributed by atoms with Crippen molar-refractivity contribution in [1.29, 1.82) is 0 Å². The number of hydrogen-bond donors (Lipinski definition) is 2. The molecule has 0 aromatic carbocycles. The fourth-order valence-electron chi connectivity index (χ4n) is 2.51. The summed E-state index contributed by atoms with van der Waals surface area (Å²) in [5.41, 5.74) is 5.76. The van der Waals surface area contributed by atoms with Crippen LogP contribution in [0.25, 0.3) is 0 Å². The van der Waals surface area contributed by atoms with E-state index < -0.39 is 5.41 Å². The quantitative estimate of drug-likeness (QED) is 0.686. The fraction of sp³-hybridized carbons (Fsp3) is 0.692. The molecule has 1 atom stereocenters. The monoisotopic (exact) mass is 238 g/mol. The molecule has 0 heterocycles. The summed E-state index contributed by atoms with van der Waals surface area (Å²) in [5, 5.41) is 2.79. The zero-order valence-electron chi connectivity index (χ0n) is 10.7. The number of allylic oxidation sites excluding steroid dienone is 1. The van der Waals surface area contributed by atoms with Crippen molar-refractivity contribution in [2.24, 2.45) is 17.1 Å². The number of primary amides is 1. The van der Waals surface area contributed by atoms with Gasteiger partial charge < -0.3 is 11.1 Å². The molecule has 0 saturated heterocycles. The molecule has 96 valence electrons. The van der Waals surface area contributed by atoms with Gasteiger partial charge in [-0.15, -0.1) is 6.58 Å². The summed E-state index contributed by atoms with van der Waals surface area (Å²) in [5.74, 6) is -0.776. The first-order valence-electron chi connectivity index (χ1n) is 6.16. The minimum absolute atomic E-state index is 0.0750. The molecule has 1 aliphatic rings. The molecule has 4 nitrogen and oxygen atoms in total. The smallest absolute Gasteiger partial charge is 0.224 e. The second-order valence-corrected chi connectivity index (χ2v) is 4.98. The summed E-state index contributed by atoms with van der Waals surface area (Å²) >= 11 is 0. The largest absolute Gasteiger partial charge is 0.369 e. The van der Waals surface area contributed by atoms with Crippen LogP contribution < -0.4 is 11.1 Å². The van der Waals surface area contributed by atoms with Gasteiger partial charge in [-0.3, -0.25) is 9.59 Å². The van der Waals surface area contributed by atoms with Crippen LogP contribution >= 0.6 is 0 Å². The third-order valence-corrected chi connectivity index (χ3v) is 3.62. The lowest BCUT2D eigenvalue weighted by molar-refractivity contribution is -0.146. The molecule has 0 aromatic rings. The van der Waals surface area contributed by atoms with Crippen LogP contribution in [0.15, 0.2) is 12.2 Å². The van der Waals surface area contributed by atoms with E-state index in [2.05, 4.69) is 11.9 Å². The first kappa shape index (κ1) is 13.7. The van der Waals surface area contributed by atoms with Crippen LogP contribution in [0.1, 0.15) is 39.5 Å². The SMILES string of the molecule is C=C(C)CC(C(=O)NCC)C1(C(N)=O)CCC1. The molecule has 1 unspecified atom stereocenters. The van der Waals surface area contributed by atoms with Gasteiger partial charge in [0.05, 0.1) is 11.3 Å². The Morgan fingerprint density at radius 1 is 1.47 bits per heavy atom. The zero-order valence-corrected chi connectivity index (χ0v) is 10.7. The molecule has 2 amide bonds. The molecule has 4 heteroatoms. The summed E-state index contributed by atoms with van der Waals surface area (Å²) in [6.07, 6.45) is 2.94. The Bertz CT molecular complexity index is 332. The van der Waals surface area contributed by atoms with Gasteiger partial charge >= 0.3 is 0 Å². The van der Waals surface area contributed by atoms with Crippen molar-refractivity contribution in [3.63, 3.8) is 0 Å². The Kier molecular flexibility index (Phi) is 4.32. The Morgan fingerprint density at radius 3 is 2.35 bits per heavy atom. The molecule has 3 N–H and O–H groups in total. The van der Waals surface area contributed by atoms with E-state index in [1.807, 2.05) is 13.8 Å². The van der Waals surface area contributed by atoms with E-state index in [1.54, 1.807) is 0 Å². The van der Waals surface area contributed by atoms with E-state index in [0.717, 1.165) is 24.8 Å². The number of carbonyl (C=O) groups is 2. The number of rotatable bonds is 6. The lowest BCUT2D eigenvalue weighted by Crippen LogP contribution is -2.53. The first-order chi connectivity index (χ1) is 7.94. The van der Waals surface area contributed by atoms with Crippen molar-refractivity contribution < 1.29 is 9.59 Å². The van der Waals surface area contributed by atoms with Crippen LogP contribution in [0.3, 0.4) is 0 Å². The summed E-state index contributed by atoms with van der Waals surface area (Å²) in [4.78, 5) is 23.7. The third kappa shape index (κ3) is 2.68. The van der Waals surface area contributed by atoms with Crippen LogP contribution in [-0.4, -0.2) is 18.4 Å². The van der Waals surface area contributed by atoms with Gasteiger partial charge in [-0.25, -0.2) is 0 Å². The molecule has 1 fully saturated rings. The summed E-state index contributed by atoms with van der Waals surface area (Å²) in [6, 6.07) is 0. The molecule has 1 rings (SSSR count). The highest BCUT2D eigenvalue weighted by Gasteiger charge is 2.51. The Labute approximate surface area is 103 Å². The minimum Gasteiger partial charge on any atom is -0.369 e. The van der Waals surface area contributed by atoms with Gasteiger partial charge in [-0.1, -0.05) is 12.0 Å². The Balaban J connectivity index is 2.92. The van der Waals surface area contributed by atoms with Crippen LogP contribution in [0.2, 0.25) is 0 Å². The van der Waals surface area contributed by atoms with Gasteiger partial charge in [-0.2, -0.15) is 0 Å². The maximum atomic E-state index is 12.1. The van der Waals surface area contributed by atoms with Crippen molar-refractivity contribution >= 4 is 11.8 Å². The minimum atomic E-state index is -0.641. The van der Waals surface area contributed by atoms with Crippen molar-refractivity contribution in [2.75, 3.05) is 6.54 Å². The second kappa shape index (κ2) is 5.34. The second-order valence-electron chi connectivity index (χ2n) is 4.98. The number of nitrogens with one attached hydrogen (secondary N) is 1. The first-order valence-corrected chi connectivity index (χ1v) is 6.16. The van der Waals surface area contributed by atoms with E-state index in [1.165, 1.54) is 0 Å². The highest BCUT2D eigenvalue weighted by atomic mass is 16.2. The summed E-state index contributed by atoms with van der Waals surface area (Å²) in [6.45, 7) is 8.15. The fourth-order valence-corrected chi connectivity index (χ4v) is 2.51. The topological polar surface area (TPSA) is 72.2 Å². The van der Waals surface area contributed by atoms with E-state index in [0.29, 0.717) is 13.0 Å². The number of hydrogen-bond acceptors (Lipinski definition) is 2. The molecular formula is C13H22N2O2. The Morgan fingerprint density at radius 2 is 2.06 bits per heavy atom. The normalized spacial score (nSPS) is 18.9. The van der Waals surface area contributed by atoms with E-state index in [-0.39, 0.29) is 17.7 Å². The van der Waals surface area contributed by atoms with Gasteiger partial charge in [0.15, 0.2) is 0 Å². The number of nitrogens with two attached hydrogens (primary N) is 1. The summed E-state index contributed by atoms with van der Waals surface area (Å²) < 4.78 is 0. The van der Waals surface area contributed by atoms with Crippen molar-refractivity contribution in [3.8, 4) is 0 Å². The van der Waals surface area contributed by atoms with Crippen LogP contribution in [0, 0.1) is 11.3 Å². The molecule has 0 spiro atoms. The van der Waals surface area contributed by atoms with Gasteiger partial charge in [-0.05, 0) is 33.1 Å². The molecule has 0 aliphatic heterocycles. The van der Waals surface area contributed by atoms with Crippen LogP contribution in [0.4, 0.5) is 0 Å². The molecule has 0 radical (unpaired) electrons. The van der Waals surface area contributed by atoms with Crippen molar-refractivity contribution in [3.05, 3.63) is 12.2 Å². The molecular weight excluding hydrogens is 216 g/mol. The van der Waals surface area contributed by atoms with Crippen molar-refractivity contribution in [2.45, 2.75) is 39.5 Å². The lowest BCUT2D eigenvalue weighted by atomic mass is 9.59. The molecule has 0 bridgehead atoms. The maximum Gasteiger partial charge on any atom is 0.224 e. The molecule has 1 saturated carbocycles. The van der Waals surface area contributed by atoms with Gasteiger partial charge in [0.25, 0.3) is 0 Å². The molecule has 1 aliphatic carbocycles. The summed E-state index contributed by atoms with van der Waals surface area (Å²) in [7, 11) is 0. The van der Waals surface area contributed by atoms with E-state index >= 15 is 0 Å². The molecule has 17 heavy (non-hydrogen) atoms. The van der Waals surface area contributed by atoms with Crippen LogP contribution in [-0.2, 0) is 9.59 Å². The maximum absolute atomic E-state index is 12.1. The van der Waals surface area contributed by atoms with Gasteiger partial charge in [0.1, 0.15) is 0 Å². The zero-order chi connectivity index (χ0) is 13.1. The number of amides is 2. The standard InChI is InChI=1S/C13H22N2O2/c1-4-15-11(16)10(8-9(2)3)13(12(14)17)6-5-7-13/h10H,2,4-8H2,1,3H3,(H2,14,17)(H,15,16). The predicted molar refractivity (Wildman–Crippen MR) is 67.1 cm³/mol. The third-order valence-electron chi connectivity index (χ3n) is 3.62. The van der Waals surface area contributed by atoms with Crippen LogP contribution in [0.5, 0.6) is 0 Å². The highest BCUT2D eigenvalue weighted by Crippen LogP contribution is 2.49. The lowest BCUT2D eigenvalue weighted by Gasteiger charge is -2.44. The average Bonchev–Trinajstić information content (AvgIpc) is 2.13. The predicted octanol–water partition coefficient (Wildman–Crippen LogP) is 1.36. The molecule has 0 aromatic heterocycles. The Hall–Kier alpha value is -1.32. The van der Waals surface area contributed by atoms with Crippen molar-refractivity contribution in [1.82, 2.24) is 5.32 Å². The number of carbonyl (C=O) groups excluding carboxylic acids is 2. The van der Waals surface area contributed by atoms with E-state index in [9.17, 15) is 9.59 Å². The van der Waals surface area contributed by atoms with Gasteiger partial charge in [0.2, 0.25) is 11.8 Å². The van der Waals surface area contributed by atoms with Gasteiger partial charge in [0, 0.05) is 6.54 Å². The average molecular weight is 238 g/mol. The highest BCUT2D eigenvalue weighted by molar-refractivity contribution is 5.90.